The predicted molar refractivity (Wildman–Crippen MR) is 112 cm³/mol. The van der Waals surface area contributed by atoms with Crippen LogP contribution in [-0.2, 0) is 16.4 Å². The van der Waals surface area contributed by atoms with Crippen molar-refractivity contribution in [2.45, 2.75) is 11.3 Å². The highest BCUT2D eigenvalue weighted by molar-refractivity contribution is 7.92. The van der Waals surface area contributed by atoms with Crippen molar-refractivity contribution in [3.8, 4) is 0 Å². The molecule has 1 heterocycles. The third-order valence-corrected chi connectivity index (χ3v) is 6.65. The molecule has 1 aliphatic rings. The molecule has 0 fully saturated rings. The first-order valence-electron chi connectivity index (χ1n) is 9.13. The molecule has 1 aliphatic heterocycles. The van der Waals surface area contributed by atoms with Gasteiger partial charge in [-0.2, -0.15) is 0 Å². The number of hydrogen-bond donors (Lipinski definition) is 1. The molecule has 3 aromatic carbocycles. The Kier molecular flexibility index (Phi) is 4.96. The SMILES string of the molecule is O=C(Nc1cccc([N+](=O)[O-])c1)c1cccc(S(=O)(=O)N2CCc3ccccc32)c1. The number of anilines is 2. The number of carbonyl (C=O) groups is 1. The zero-order chi connectivity index (χ0) is 21.3. The number of rotatable bonds is 5. The van der Waals surface area contributed by atoms with E-state index in [0.29, 0.717) is 18.7 Å². The number of non-ortho nitro benzene ring substituents is 1. The summed E-state index contributed by atoms with van der Waals surface area (Å²) < 4.78 is 27.7. The van der Waals surface area contributed by atoms with E-state index < -0.39 is 20.9 Å². The monoisotopic (exact) mass is 423 g/mol. The molecule has 3 aromatic rings. The van der Waals surface area contributed by atoms with Gasteiger partial charge in [-0.3, -0.25) is 19.2 Å². The lowest BCUT2D eigenvalue weighted by Crippen LogP contribution is -2.29. The number of para-hydroxylation sites is 1. The molecule has 0 aliphatic carbocycles. The third-order valence-electron chi connectivity index (χ3n) is 4.84. The Hall–Kier alpha value is -3.72. The highest BCUT2D eigenvalue weighted by atomic mass is 32.2. The summed E-state index contributed by atoms with van der Waals surface area (Å²) in [7, 11) is -3.83. The second kappa shape index (κ2) is 7.60. The van der Waals surface area contributed by atoms with Crippen LogP contribution in [-0.4, -0.2) is 25.8 Å². The second-order valence-corrected chi connectivity index (χ2v) is 8.61. The van der Waals surface area contributed by atoms with Crippen LogP contribution in [0.15, 0.2) is 77.7 Å². The molecule has 8 nitrogen and oxygen atoms in total. The second-order valence-electron chi connectivity index (χ2n) is 6.75. The molecule has 1 N–H and O–H groups in total. The Balaban J connectivity index is 1.60. The highest BCUT2D eigenvalue weighted by Gasteiger charge is 2.31. The number of benzene rings is 3. The van der Waals surface area contributed by atoms with E-state index in [-0.39, 0.29) is 21.8 Å². The topological polar surface area (TPSA) is 110 Å². The normalized spacial score (nSPS) is 13.0. The summed E-state index contributed by atoms with van der Waals surface area (Å²) in [6.07, 6.45) is 0.627. The van der Waals surface area contributed by atoms with E-state index >= 15 is 0 Å². The smallest absolute Gasteiger partial charge is 0.271 e. The maximum absolute atomic E-state index is 13.2. The molecule has 0 spiro atoms. The number of nitro groups is 1. The summed E-state index contributed by atoms with van der Waals surface area (Å²) in [5.74, 6) is -0.561. The molecule has 0 aromatic heterocycles. The number of nitrogens with one attached hydrogen (secondary N) is 1. The minimum absolute atomic E-state index is 0.00546. The molecule has 0 radical (unpaired) electrons. The molecular formula is C21H17N3O5S. The Labute approximate surface area is 173 Å². The number of sulfonamides is 1. The molecule has 0 saturated heterocycles. The summed E-state index contributed by atoms with van der Waals surface area (Å²) in [6, 6.07) is 18.6. The van der Waals surface area contributed by atoms with Crippen LogP contribution >= 0.6 is 0 Å². The number of carbonyl (C=O) groups excluding carboxylic acids is 1. The zero-order valence-electron chi connectivity index (χ0n) is 15.7. The van der Waals surface area contributed by atoms with Gasteiger partial charge in [0.05, 0.1) is 15.5 Å². The Morgan fingerprint density at radius 2 is 1.77 bits per heavy atom. The van der Waals surface area contributed by atoms with E-state index in [2.05, 4.69) is 5.32 Å². The van der Waals surface area contributed by atoms with Gasteiger partial charge in [-0.15, -0.1) is 0 Å². The van der Waals surface area contributed by atoms with E-state index in [1.807, 2.05) is 12.1 Å². The number of hydrogen-bond acceptors (Lipinski definition) is 5. The number of nitrogens with zero attached hydrogens (tertiary/aromatic N) is 2. The predicted octanol–water partition coefficient (Wildman–Crippen LogP) is 3.60. The van der Waals surface area contributed by atoms with Crippen molar-refractivity contribution in [2.24, 2.45) is 0 Å². The van der Waals surface area contributed by atoms with E-state index in [1.165, 1.54) is 52.8 Å². The van der Waals surface area contributed by atoms with Crippen LogP contribution in [0.25, 0.3) is 0 Å². The maximum Gasteiger partial charge on any atom is 0.271 e. The molecule has 0 bridgehead atoms. The van der Waals surface area contributed by atoms with E-state index in [4.69, 9.17) is 0 Å². The van der Waals surface area contributed by atoms with Crippen molar-refractivity contribution < 1.29 is 18.1 Å². The summed E-state index contributed by atoms with van der Waals surface area (Å²) in [5.41, 5.74) is 1.83. The lowest BCUT2D eigenvalue weighted by atomic mass is 10.2. The number of fused-ring (bicyclic) bond motifs is 1. The van der Waals surface area contributed by atoms with Gasteiger partial charge in [-0.05, 0) is 42.3 Å². The largest absolute Gasteiger partial charge is 0.322 e. The van der Waals surface area contributed by atoms with Crippen LogP contribution in [0.3, 0.4) is 0 Å². The van der Waals surface area contributed by atoms with Gasteiger partial charge in [0.15, 0.2) is 0 Å². The summed E-state index contributed by atoms with van der Waals surface area (Å²) in [6.45, 7) is 0.339. The lowest BCUT2D eigenvalue weighted by Gasteiger charge is -2.20. The van der Waals surface area contributed by atoms with Crippen molar-refractivity contribution in [1.82, 2.24) is 0 Å². The van der Waals surface area contributed by atoms with E-state index in [1.54, 1.807) is 12.1 Å². The molecule has 152 valence electrons. The van der Waals surface area contributed by atoms with Crippen LogP contribution in [0, 0.1) is 10.1 Å². The van der Waals surface area contributed by atoms with E-state index in [0.717, 1.165) is 5.56 Å². The average molecular weight is 423 g/mol. The van der Waals surface area contributed by atoms with Crippen LogP contribution in [0.5, 0.6) is 0 Å². The molecule has 0 atom stereocenters. The Morgan fingerprint density at radius 3 is 2.57 bits per heavy atom. The Morgan fingerprint density at radius 1 is 1.00 bits per heavy atom. The summed E-state index contributed by atoms with van der Waals surface area (Å²) >= 11 is 0. The van der Waals surface area contributed by atoms with Crippen LogP contribution in [0.4, 0.5) is 17.1 Å². The van der Waals surface area contributed by atoms with Gasteiger partial charge in [0, 0.05) is 29.9 Å². The fourth-order valence-corrected chi connectivity index (χ4v) is 4.93. The van der Waals surface area contributed by atoms with Crippen LogP contribution in [0.2, 0.25) is 0 Å². The minimum atomic E-state index is -3.83. The van der Waals surface area contributed by atoms with Crippen molar-refractivity contribution in [1.29, 1.82) is 0 Å². The molecule has 0 saturated carbocycles. The highest BCUT2D eigenvalue weighted by Crippen LogP contribution is 2.32. The molecule has 30 heavy (non-hydrogen) atoms. The fraction of sp³-hybridized carbons (Fsp3) is 0.0952. The molecule has 9 heteroatoms. The summed E-state index contributed by atoms with van der Waals surface area (Å²) in [5, 5.41) is 13.5. The van der Waals surface area contributed by atoms with E-state index in [9.17, 15) is 23.3 Å². The minimum Gasteiger partial charge on any atom is -0.322 e. The number of amides is 1. The average Bonchev–Trinajstić information content (AvgIpc) is 3.19. The standard InChI is InChI=1S/C21H17N3O5S/c25-21(22-17-7-4-8-18(14-17)24(26)27)16-6-3-9-19(13-16)30(28,29)23-12-11-15-5-1-2-10-20(15)23/h1-10,13-14H,11-12H2,(H,22,25). The number of nitro benzene ring substituents is 1. The van der Waals surface area contributed by atoms with Gasteiger partial charge in [-0.25, -0.2) is 8.42 Å². The molecular weight excluding hydrogens is 406 g/mol. The summed E-state index contributed by atoms with van der Waals surface area (Å²) in [4.78, 5) is 23.0. The molecule has 0 unspecified atom stereocenters. The van der Waals surface area contributed by atoms with Gasteiger partial charge < -0.3 is 5.32 Å². The van der Waals surface area contributed by atoms with Crippen molar-refractivity contribution in [3.05, 3.63) is 94.0 Å². The first-order chi connectivity index (χ1) is 14.4. The third kappa shape index (κ3) is 3.62. The zero-order valence-corrected chi connectivity index (χ0v) is 16.5. The lowest BCUT2D eigenvalue weighted by molar-refractivity contribution is -0.384. The fourth-order valence-electron chi connectivity index (χ4n) is 3.38. The van der Waals surface area contributed by atoms with Gasteiger partial charge in [-0.1, -0.05) is 30.3 Å². The van der Waals surface area contributed by atoms with Gasteiger partial charge in [0.25, 0.3) is 21.6 Å². The Bertz CT molecular complexity index is 1260. The molecule has 1 amide bonds. The van der Waals surface area contributed by atoms with Gasteiger partial charge in [0.1, 0.15) is 0 Å². The molecule has 4 rings (SSSR count). The van der Waals surface area contributed by atoms with Gasteiger partial charge in [0.2, 0.25) is 0 Å². The van der Waals surface area contributed by atoms with Crippen molar-refractivity contribution in [2.75, 3.05) is 16.2 Å². The first kappa shape index (κ1) is 19.6. The quantitative estimate of drug-likeness (QED) is 0.498. The van der Waals surface area contributed by atoms with Crippen molar-refractivity contribution >= 4 is 33.0 Å². The van der Waals surface area contributed by atoms with Gasteiger partial charge >= 0.3 is 0 Å². The van der Waals surface area contributed by atoms with Crippen LogP contribution in [0.1, 0.15) is 15.9 Å². The van der Waals surface area contributed by atoms with Crippen LogP contribution < -0.4 is 9.62 Å². The van der Waals surface area contributed by atoms with Crippen molar-refractivity contribution in [3.63, 3.8) is 0 Å². The maximum atomic E-state index is 13.2. The first-order valence-corrected chi connectivity index (χ1v) is 10.6.